The Morgan fingerprint density at radius 2 is 1.79 bits per heavy atom. The zero-order chi connectivity index (χ0) is 24.4. The molecule has 2 aromatic carbocycles. The number of benzene rings is 2. The third kappa shape index (κ3) is 5.31. The Hall–Kier alpha value is -3.59. The molecule has 34 heavy (non-hydrogen) atoms. The van der Waals surface area contributed by atoms with Gasteiger partial charge in [0.25, 0.3) is 5.91 Å². The van der Waals surface area contributed by atoms with Crippen molar-refractivity contribution in [2.24, 2.45) is 5.92 Å². The van der Waals surface area contributed by atoms with E-state index in [1.165, 1.54) is 11.3 Å². The van der Waals surface area contributed by atoms with Crippen LogP contribution in [0, 0.1) is 19.8 Å². The summed E-state index contributed by atoms with van der Waals surface area (Å²) in [5.74, 6) is -0.650. The molecule has 0 spiro atoms. The topological polar surface area (TPSA) is 104 Å². The molecule has 9 heteroatoms. The van der Waals surface area contributed by atoms with Crippen LogP contribution in [0.5, 0.6) is 0 Å². The number of hydrogen-bond donors (Lipinski definition) is 2. The van der Waals surface area contributed by atoms with Crippen LogP contribution >= 0.6 is 11.3 Å². The van der Waals surface area contributed by atoms with Gasteiger partial charge in [-0.15, -0.1) is 10.2 Å². The highest BCUT2D eigenvalue weighted by Gasteiger charge is 2.34. The summed E-state index contributed by atoms with van der Waals surface area (Å²) < 4.78 is 0. The lowest BCUT2D eigenvalue weighted by molar-refractivity contribution is -0.119. The molecule has 0 unspecified atom stereocenters. The van der Waals surface area contributed by atoms with E-state index in [1.807, 2.05) is 26.0 Å². The number of aryl methyl sites for hydroxylation is 2. The maximum Gasteiger partial charge on any atom is 0.257 e. The molecular weight excluding hydrogens is 450 g/mol. The van der Waals surface area contributed by atoms with E-state index in [1.54, 1.807) is 43.0 Å². The normalized spacial score (nSPS) is 15.6. The summed E-state index contributed by atoms with van der Waals surface area (Å²) in [6.07, 6.45) is 0.354. The summed E-state index contributed by atoms with van der Waals surface area (Å²) in [6, 6.07) is 12.8. The van der Waals surface area contributed by atoms with Crippen molar-refractivity contribution in [1.29, 1.82) is 0 Å². The lowest BCUT2D eigenvalue weighted by Crippen LogP contribution is -2.24. The Morgan fingerprint density at radius 1 is 1.06 bits per heavy atom. The first-order valence-corrected chi connectivity index (χ1v) is 12.0. The largest absolute Gasteiger partial charge is 0.326 e. The van der Waals surface area contributed by atoms with Gasteiger partial charge >= 0.3 is 0 Å². The summed E-state index contributed by atoms with van der Waals surface area (Å²) in [7, 11) is 0. The lowest BCUT2D eigenvalue weighted by Gasteiger charge is -2.17. The highest BCUT2D eigenvalue weighted by Crippen LogP contribution is 2.35. The quantitative estimate of drug-likeness (QED) is 0.543. The molecule has 0 saturated carbocycles. The van der Waals surface area contributed by atoms with Crippen LogP contribution in [0.15, 0.2) is 42.5 Å². The number of hydrogen-bond acceptors (Lipinski definition) is 6. The molecule has 1 aromatic heterocycles. The molecule has 4 rings (SSSR count). The molecule has 2 N–H and O–H groups in total. The van der Waals surface area contributed by atoms with Gasteiger partial charge in [-0.25, -0.2) is 0 Å². The summed E-state index contributed by atoms with van der Waals surface area (Å²) in [5, 5.41) is 15.0. The molecule has 176 valence electrons. The fourth-order valence-electron chi connectivity index (χ4n) is 3.87. The van der Waals surface area contributed by atoms with Gasteiger partial charge in [-0.05, 0) is 55.3 Å². The van der Waals surface area contributed by atoms with Crippen molar-refractivity contribution in [3.8, 4) is 0 Å². The van der Waals surface area contributed by atoms with E-state index in [-0.39, 0.29) is 29.6 Å². The van der Waals surface area contributed by atoms with Crippen molar-refractivity contribution >= 4 is 45.6 Å². The first-order valence-electron chi connectivity index (χ1n) is 11.1. The Bertz CT molecular complexity index is 1230. The van der Waals surface area contributed by atoms with Crippen LogP contribution in [0.2, 0.25) is 0 Å². The predicted octanol–water partition coefficient (Wildman–Crippen LogP) is 4.52. The van der Waals surface area contributed by atoms with Crippen molar-refractivity contribution < 1.29 is 14.4 Å². The molecule has 3 amide bonds. The number of nitrogens with zero attached hydrogens (tertiary/aromatic N) is 3. The van der Waals surface area contributed by atoms with Gasteiger partial charge in [0.05, 0.1) is 0 Å². The van der Waals surface area contributed by atoms with Gasteiger partial charge < -0.3 is 10.2 Å². The minimum Gasteiger partial charge on any atom is -0.326 e. The maximum atomic E-state index is 12.7. The van der Waals surface area contributed by atoms with Gasteiger partial charge in [0.15, 0.2) is 0 Å². The summed E-state index contributed by atoms with van der Waals surface area (Å²) in [6.45, 7) is 8.17. The first-order chi connectivity index (χ1) is 16.2. The minimum absolute atomic E-state index is 0.0519. The van der Waals surface area contributed by atoms with Crippen LogP contribution in [0.25, 0.3) is 0 Å². The number of carbonyl (C=O) groups is 3. The number of nitrogens with one attached hydrogen (secondary N) is 2. The van der Waals surface area contributed by atoms with E-state index in [0.29, 0.717) is 34.4 Å². The van der Waals surface area contributed by atoms with Crippen LogP contribution in [0.4, 0.5) is 16.5 Å². The smallest absolute Gasteiger partial charge is 0.257 e. The van der Waals surface area contributed by atoms with E-state index in [9.17, 15) is 14.4 Å². The second kappa shape index (κ2) is 9.72. The van der Waals surface area contributed by atoms with Crippen molar-refractivity contribution in [2.45, 2.75) is 40.0 Å². The fourth-order valence-corrected chi connectivity index (χ4v) is 4.70. The van der Waals surface area contributed by atoms with E-state index >= 15 is 0 Å². The summed E-state index contributed by atoms with van der Waals surface area (Å²) in [5.41, 5.74) is 4.07. The van der Waals surface area contributed by atoms with E-state index in [2.05, 4.69) is 26.9 Å². The molecule has 1 aliphatic rings. The van der Waals surface area contributed by atoms with Gasteiger partial charge in [0.2, 0.25) is 16.9 Å². The average molecular weight is 478 g/mol. The molecule has 1 fully saturated rings. The maximum absolute atomic E-state index is 12.7. The monoisotopic (exact) mass is 477 g/mol. The lowest BCUT2D eigenvalue weighted by atomic mass is 10.1. The first kappa shape index (κ1) is 23.6. The van der Waals surface area contributed by atoms with E-state index < -0.39 is 0 Å². The van der Waals surface area contributed by atoms with Crippen LogP contribution in [0.3, 0.4) is 0 Å². The highest BCUT2D eigenvalue weighted by atomic mass is 32.1. The predicted molar refractivity (Wildman–Crippen MR) is 133 cm³/mol. The Kier molecular flexibility index (Phi) is 6.74. The molecule has 0 radical (unpaired) electrons. The molecule has 0 aliphatic carbocycles. The summed E-state index contributed by atoms with van der Waals surface area (Å²) >= 11 is 1.27. The Labute approximate surface area is 202 Å². The molecule has 1 saturated heterocycles. The fraction of sp³-hybridized carbons (Fsp3) is 0.320. The van der Waals surface area contributed by atoms with Gasteiger partial charge in [-0.2, -0.15) is 0 Å². The molecule has 0 bridgehead atoms. The van der Waals surface area contributed by atoms with Crippen LogP contribution in [-0.4, -0.2) is 34.5 Å². The van der Waals surface area contributed by atoms with Crippen molar-refractivity contribution in [3.05, 3.63) is 64.2 Å². The standard InChI is InChI=1S/C25H27N5O3S/c1-14(2)22(32)26-19-7-5-6-17(11-19)23(33)27-25-29-28-24(34-25)18-12-21(31)30(13-18)20-9-15(3)8-16(4)10-20/h5-11,14,18H,12-13H2,1-4H3,(H,26,32)(H,27,29,33)/t18-/m1/s1. The van der Waals surface area contributed by atoms with Gasteiger partial charge in [0.1, 0.15) is 5.01 Å². The van der Waals surface area contributed by atoms with E-state index in [4.69, 9.17) is 0 Å². The van der Waals surface area contributed by atoms with Crippen molar-refractivity contribution in [1.82, 2.24) is 10.2 Å². The Balaban J connectivity index is 1.42. The van der Waals surface area contributed by atoms with Crippen molar-refractivity contribution in [2.75, 3.05) is 22.1 Å². The van der Waals surface area contributed by atoms with Gasteiger partial charge in [0, 0.05) is 41.7 Å². The second-order valence-electron chi connectivity index (χ2n) is 8.88. The number of amides is 3. The molecule has 1 aliphatic heterocycles. The molecule has 2 heterocycles. The number of aromatic nitrogens is 2. The second-order valence-corrected chi connectivity index (χ2v) is 9.88. The van der Waals surface area contributed by atoms with E-state index in [0.717, 1.165) is 16.8 Å². The SMILES string of the molecule is Cc1cc(C)cc(N2C[C@H](c3nnc(NC(=O)c4cccc(NC(=O)C(C)C)c4)s3)CC2=O)c1. The third-order valence-corrected chi connectivity index (χ3v) is 6.57. The molecule has 1 atom stereocenters. The summed E-state index contributed by atoms with van der Waals surface area (Å²) in [4.78, 5) is 39.1. The number of carbonyl (C=O) groups excluding carboxylic acids is 3. The van der Waals surface area contributed by atoms with Crippen molar-refractivity contribution in [3.63, 3.8) is 0 Å². The molecular formula is C25H27N5O3S. The van der Waals surface area contributed by atoms with Crippen LogP contribution in [-0.2, 0) is 9.59 Å². The molecule has 3 aromatic rings. The van der Waals surface area contributed by atoms with Crippen LogP contribution < -0.4 is 15.5 Å². The van der Waals surface area contributed by atoms with Gasteiger partial charge in [-0.3, -0.25) is 19.7 Å². The number of rotatable bonds is 6. The average Bonchev–Trinajstić information content (AvgIpc) is 3.39. The zero-order valence-electron chi connectivity index (χ0n) is 19.6. The zero-order valence-corrected chi connectivity index (χ0v) is 20.4. The minimum atomic E-state index is -0.345. The van der Waals surface area contributed by atoms with Crippen LogP contribution in [0.1, 0.15) is 52.7 Å². The molecule has 8 nitrogen and oxygen atoms in total. The van der Waals surface area contributed by atoms with Gasteiger partial charge in [-0.1, -0.05) is 37.3 Å². The highest BCUT2D eigenvalue weighted by molar-refractivity contribution is 7.15. The Morgan fingerprint density at radius 3 is 2.50 bits per heavy atom. The third-order valence-electron chi connectivity index (χ3n) is 5.57. The number of anilines is 3.